The van der Waals surface area contributed by atoms with Gasteiger partial charge >= 0.3 is 18.2 Å². The Morgan fingerprint density at radius 2 is 1.72 bits per heavy atom. The van der Waals surface area contributed by atoms with E-state index < -0.39 is 35.5 Å². The van der Waals surface area contributed by atoms with Crippen LogP contribution in [0.3, 0.4) is 0 Å². The van der Waals surface area contributed by atoms with Gasteiger partial charge in [0.05, 0.1) is 6.54 Å². The van der Waals surface area contributed by atoms with Gasteiger partial charge in [-0.1, -0.05) is 30.3 Å². The lowest BCUT2D eigenvalue weighted by atomic mass is 9.98. The predicted octanol–water partition coefficient (Wildman–Crippen LogP) is 5.69. The van der Waals surface area contributed by atoms with Crippen LogP contribution in [-0.2, 0) is 31.8 Å². The highest BCUT2D eigenvalue weighted by Crippen LogP contribution is 2.27. The molecule has 1 fully saturated rings. The molecular formula is C30H41N3O6. The number of nitrogens with zero attached hydrogens (tertiary/aromatic N) is 2. The smallest absolute Gasteiger partial charge is 0.413 e. The van der Waals surface area contributed by atoms with Crippen molar-refractivity contribution in [2.45, 2.75) is 85.0 Å². The van der Waals surface area contributed by atoms with E-state index in [-0.39, 0.29) is 12.5 Å². The summed E-state index contributed by atoms with van der Waals surface area (Å²) in [5.41, 5.74) is 1.50. The number of carbonyl (C=O) groups is 3. The fraction of sp³-hybridized carbons (Fsp3) is 0.533. The number of amides is 2. The van der Waals surface area contributed by atoms with Crippen LogP contribution in [0.15, 0.2) is 42.5 Å². The van der Waals surface area contributed by atoms with Crippen molar-refractivity contribution >= 4 is 24.0 Å². The number of rotatable bonds is 8. The zero-order valence-corrected chi connectivity index (χ0v) is 24.1. The number of benzene rings is 1. The maximum Gasteiger partial charge on any atom is 0.413 e. The number of hydrogen-bond donors (Lipinski definition) is 1. The third-order valence-corrected chi connectivity index (χ3v) is 6.30. The molecule has 2 amide bonds. The molecule has 212 valence electrons. The van der Waals surface area contributed by atoms with E-state index in [0.29, 0.717) is 30.9 Å². The summed E-state index contributed by atoms with van der Waals surface area (Å²) >= 11 is 0. The Bertz CT molecular complexity index is 1160. The van der Waals surface area contributed by atoms with E-state index in [1.165, 1.54) is 12.5 Å². The average molecular weight is 540 g/mol. The summed E-state index contributed by atoms with van der Waals surface area (Å²) < 4.78 is 16.8. The van der Waals surface area contributed by atoms with Crippen molar-refractivity contribution in [3.8, 4) is 0 Å². The van der Waals surface area contributed by atoms with Crippen LogP contribution in [0.25, 0.3) is 0 Å². The molecule has 2 heterocycles. The van der Waals surface area contributed by atoms with Crippen LogP contribution >= 0.6 is 0 Å². The Morgan fingerprint density at radius 3 is 2.36 bits per heavy atom. The van der Waals surface area contributed by atoms with Gasteiger partial charge in [0.1, 0.15) is 23.1 Å². The summed E-state index contributed by atoms with van der Waals surface area (Å²) in [6.45, 7) is 13.1. The molecule has 39 heavy (non-hydrogen) atoms. The number of ether oxygens (including phenoxy) is 3. The molecule has 0 spiro atoms. The van der Waals surface area contributed by atoms with Crippen molar-refractivity contribution in [1.82, 2.24) is 9.88 Å². The maximum absolute atomic E-state index is 12.7. The van der Waals surface area contributed by atoms with E-state index in [2.05, 4.69) is 22.4 Å². The Labute approximate surface area is 231 Å². The summed E-state index contributed by atoms with van der Waals surface area (Å²) in [7, 11) is 0. The number of nitrogens with one attached hydrogen (secondary N) is 1. The summed E-state index contributed by atoms with van der Waals surface area (Å²) in [6, 6.07) is 13.8. The molecule has 9 heteroatoms. The highest BCUT2D eigenvalue weighted by Gasteiger charge is 2.39. The molecule has 1 N–H and O–H groups in total. The standard InChI is InChI=1S/C30H41N3O6/c1-20-15-24(17-23-18-33(19-25(23)37-21(2)34)28(36)39-29(3,4)5)31-26(16-20)32-27(35)38-30(6,7)14-13-22-11-9-8-10-12-22/h8-12,15-16,23,25H,13-14,17-19H2,1-7H3,(H,31,32,35). The minimum absolute atomic E-state index is 0.174. The minimum Gasteiger partial charge on any atom is -0.460 e. The number of aryl methyl sites for hydroxylation is 2. The molecule has 2 aromatic rings. The fourth-order valence-electron chi connectivity index (χ4n) is 4.56. The topological polar surface area (TPSA) is 107 Å². The molecule has 1 aromatic carbocycles. The molecule has 0 saturated carbocycles. The van der Waals surface area contributed by atoms with E-state index >= 15 is 0 Å². The first-order chi connectivity index (χ1) is 18.2. The second kappa shape index (κ2) is 12.5. The highest BCUT2D eigenvalue weighted by molar-refractivity contribution is 5.83. The number of anilines is 1. The summed E-state index contributed by atoms with van der Waals surface area (Å²) in [5.74, 6) is -0.208. The van der Waals surface area contributed by atoms with Gasteiger partial charge in [-0.25, -0.2) is 14.6 Å². The van der Waals surface area contributed by atoms with Crippen LogP contribution in [0.1, 0.15) is 64.8 Å². The molecule has 3 rings (SSSR count). The molecule has 1 aliphatic heterocycles. The highest BCUT2D eigenvalue weighted by atomic mass is 16.6. The molecule has 2 atom stereocenters. The maximum atomic E-state index is 12.7. The van der Waals surface area contributed by atoms with Gasteiger partial charge < -0.3 is 19.1 Å². The first kappa shape index (κ1) is 29.9. The lowest BCUT2D eigenvalue weighted by Gasteiger charge is -2.25. The Kier molecular flexibility index (Phi) is 9.59. The zero-order chi connectivity index (χ0) is 28.8. The van der Waals surface area contributed by atoms with Crippen LogP contribution in [0.2, 0.25) is 0 Å². The van der Waals surface area contributed by atoms with Crippen LogP contribution in [0.4, 0.5) is 15.4 Å². The lowest BCUT2D eigenvalue weighted by molar-refractivity contribution is -0.147. The molecule has 2 unspecified atom stereocenters. The normalized spacial score (nSPS) is 17.5. The van der Waals surface area contributed by atoms with Crippen molar-refractivity contribution in [3.05, 3.63) is 59.3 Å². The number of esters is 1. The predicted molar refractivity (Wildman–Crippen MR) is 148 cm³/mol. The van der Waals surface area contributed by atoms with E-state index in [9.17, 15) is 14.4 Å². The van der Waals surface area contributed by atoms with Crippen molar-refractivity contribution in [3.63, 3.8) is 0 Å². The molecule has 1 saturated heterocycles. The second-order valence-corrected chi connectivity index (χ2v) is 11.8. The minimum atomic E-state index is -0.668. The number of likely N-dealkylation sites (tertiary alicyclic amines) is 1. The van der Waals surface area contributed by atoms with Gasteiger partial charge in [-0.05, 0) is 84.1 Å². The van der Waals surface area contributed by atoms with E-state index in [1.54, 1.807) is 11.0 Å². The van der Waals surface area contributed by atoms with Crippen LogP contribution < -0.4 is 5.32 Å². The van der Waals surface area contributed by atoms with Gasteiger partial charge in [-0.15, -0.1) is 0 Å². The van der Waals surface area contributed by atoms with Crippen LogP contribution in [0, 0.1) is 12.8 Å². The summed E-state index contributed by atoms with van der Waals surface area (Å²) in [5, 5.41) is 2.76. The monoisotopic (exact) mass is 539 g/mol. The molecule has 9 nitrogen and oxygen atoms in total. The summed E-state index contributed by atoms with van der Waals surface area (Å²) in [4.78, 5) is 43.3. The quantitative estimate of drug-likeness (QED) is 0.339. The third-order valence-electron chi connectivity index (χ3n) is 6.30. The van der Waals surface area contributed by atoms with Gasteiger partial charge in [0.2, 0.25) is 0 Å². The first-order valence-electron chi connectivity index (χ1n) is 13.4. The second-order valence-electron chi connectivity index (χ2n) is 11.8. The number of pyridine rings is 1. The SMILES string of the molecule is CC(=O)OC1CN(C(=O)OC(C)(C)C)CC1Cc1cc(C)cc(NC(=O)OC(C)(C)CCc2ccccc2)n1. The van der Waals surface area contributed by atoms with Crippen molar-refractivity contribution in [2.24, 2.45) is 5.92 Å². The molecule has 0 radical (unpaired) electrons. The fourth-order valence-corrected chi connectivity index (χ4v) is 4.56. The first-order valence-corrected chi connectivity index (χ1v) is 13.4. The van der Waals surface area contributed by atoms with Crippen molar-refractivity contribution < 1.29 is 28.6 Å². The lowest BCUT2D eigenvalue weighted by Crippen LogP contribution is -2.36. The zero-order valence-electron chi connectivity index (χ0n) is 24.1. The number of hydrogen-bond acceptors (Lipinski definition) is 7. The van der Waals surface area contributed by atoms with Gasteiger partial charge in [0.15, 0.2) is 0 Å². The molecule has 1 aromatic heterocycles. The Hall–Kier alpha value is -3.62. The van der Waals surface area contributed by atoms with Gasteiger partial charge in [-0.3, -0.25) is 10.1 Å². The van der Waals surface area contributed by atoms with Crippen LogP contribution in [0.5, 0.6) is 0 Å². The third kappa shape index (κ3) is 9.89. The molecule has 0 aliphatic carbocycles. The van der Waals surface area contributed by atoms with Crippen LogP contribution in [-0.4, -0.2) is 58.4 Å². The van der Waals surface area contributed by atoms with Crippen molar-refractivity contribution in [2.75, 3.05) is 18.4 Å². The Morgan fingerprint density at radius 1 is 1.03 bits per heavy atom. The van der Waals surface area contributed by atoms with Crippen molar-refractivity contribution in [1.29, 1.82) is 0 Å². The largest absolute Gasteiger partial charge is 0.460 e. The Balaban J connectivity index is 1.64. The summed E-state index contributed by atoms with van der Waals surface area (Å²) in [6.07, 6.45) is 0.407. The molecule has 0 bridgehead atoms. The molecule has 1 aliphatic rings. The van der Waals surface area contributed by atoms with Gasteiger partial charge in [0, 0.05) is 25.1 Å². The van der Waals surface area contributed by atoms with E-state index in [1.807, 2.05) is 65.8 Å². The number of aromatic nitrogens is 1. The van der Waals surface area contributed by atoms with Gasteiger partial charge in [0.25, 0.3) is 0 Å². The number of carbonyl (C=O) groups excluding carboxylic acids is 3. The van der Waals surface area contributed by atoms with Gasteiger partial charge in [-0.2, -0.15) is 0 Å². The average Bonchev–Trinajstić information content (AvgIpc) is 3.18. The van der Waals surface area contributed by atoms with E-state index in [0.717, 1.165) is 12.0 Å². The molecular weight excluding hydrogens is 498 g/mol. The van der Waals surface area contributed by atoms with E-state index in [4.69, 9.17) is 14.2 Å².